The van der Waals surface area contributed by atoms with Crippen LogP contribution >= 0.6 is 0 Å². The van der Waals surface area contributed by atoms with Crippen molar-refractivity contribution in [3.63, 3.8) is 0 Å². The molecule has 0 heterocycles. The Morgan fingerprint density at radius 3 is 2.25 bits per heavy atom. The summed E-state index contributed by atoms with van der Waals surface area (Å²) in [6.45, 7) is 3.74. The quantitative estimate of drug-likeness (QED) is 0.824. The van der Waals surface area contributed by atoms with Crippen LogP contribution in [0, 0.1) is 5.82 Å². The van der Waals surface area contributed by atoms with Gasteiger partial charge in [-0.1, -0.05) is 13.8 Å². The molecule has 0 aromatic heterocycles. The molecular formula is C12H17FN2O. The van der Waals surface area contributed by atoms with Gasteiger partial charge in [0.1, 0.15) is 5.82 Å². The molecule has 16 heavy (non-hydrogen) atoms. The van der Waals surface area contributed by atoms with Crippen LogP contribution in [0.25, 0.3) is 0 Å². The van der Waals surface area contributed by atoms with E-state index in [2.05, 4.69) is 5.32 Å². The third-order valence-corrected chi connectivity index (χ3v) is 2.82. The van der Waals surface area contributed by atoms with E-state index >= 15 is 0 Å². The number of hydrogen-bond donors (Lipinski definition) is 2. The molecule has 0 bridgehead atoms. The van der Waals surface area contributed by atoms with Crippen molar-refractivity contribution in [1.29, 1.82) is 0 Å². The maximum absolute atomic E-state index is 12.7. The maximum atomic E-state index is 12.7. The molecule has 1 aromatic rings. The number of benzene rings is 1. The number of nitrogens with one attached hydrogen (secondary N) is 1. The molecule has 0 spiro atoms. The van der Waals surface area contributed by atoms with E-state index in [1.54, 1.807) is 0 Å². The Bertz CT molecular complexity index is 358. The van der Waals surface area contributed by atoms with Crippen molar-refractivity contribution in [1.82, 2.24) is 0 Å². The summed E-state index contributed by atoms with van der Waals surface area (Å²) in [7, 11) is 0. The molecule has 4 heteroatoms. The zero-order valence-corrected chi connectivity index (χ0v) is 9.59. The average Bonchev–Trinajstić information content (AvgIpc) is 2.31. The second kappa shape index (κ2) is 5.07. The molecule has 0 aliphatic carbocycles. The van der Waals surface area contributed by atoms with E-state index in [0.29, 0.717) is 18.5 Å². The minimum absolute atomic E-state index is 0.232. The van der Waals surface area contributed by atoms with Crippen LogP contribution in [-0.2, 0) is 4.79 Å². The number of halogens is 1. The number of carbonyl (C=O) groups is 1. The molecule has 0 aliphatic rings. The molecular weight excluding hydrogens is 207 g/mol. The summed E-state index contributed by atoms with van der Waals surface area (Å²) in [4.78, 5) is 11.9. The van der Waals surface area contributed by atoms with Gasteiger partial charge >= 0.3 is 0 Å². The highest BCUT2D eigenvalue weighted by molar-refractivity contribution is 5.97. The first kappa shape index (κ1) is 12.6. The fourth-order valence-corrected chi connectivity index (χ4v) is 1.36. The Hall–Kier alpha value is -1.42. The van der Waals surface area contributed by atoms with Gasteiger partial charge in [-0.3, -0.25) is 4.79 Å². The predicted molar refractivity (Wildman–Crippen MR) is 62.5 cm³/mol. The summed E-state index contributed by atoms with van der Waals surface area (Å²) in [5, 5.41) is 2.68. The maximum Gasteiger partial charge on any atom is 0.244 e. The van der Waals surface area contributed by atoms with Gasteiger partial charge in [0.2, 0.25) is 5.91 Å². The van der Waals surface area contributed by atoms with Crippen molar-refractivity contribution in [3.8, 4) is 0 Å². The normalized spacial score (nSPS) is 11.2. The molecule has 0 fully saturated rings. The summed E-state index contributed by atoms with van der Waals surface area (Å²) in [5.41, 5.74) is 5.64. The van der Waals surface area contributed by atoms with Crippen LogP contribution in [0.5, 0.6) is 0 Å². The van der Waals surface area contributed by atoms with Crippen LogP contribution in [0.4, 0.5) is 10.1 Å². The van der Waals surface area contributed by atoms with E-state index in [4.69, 9.17) is 5.73 Å². The zero-order valence-electron chi connectivity index (χ0n) is 9.59. The Kier molecular flexibility index (Phi) is 4.01. The molecule has 0 atom stereocenters. The molecule has 1 rings (SSSR count). The molecule has 88 valence electrons. The monoisotopic (exact) mass is 224 g/mol. The number of nitrogens with two attached hydrogens (primary N) is 1. The lowest BCUT2D eigenvalue weighted by atomic mass is 9.93. The fraction of sp³-hybridized carbons (Fsp3) is 0.417. The van der Waals surface area contributed by atoms with Crippen LogP contribution in [0.2, 0.25) is 0 Å². The number of rotatable bonds is 4. The Morgan fingerprint density at radius 1 is 1.31 bits per heavy atom. The van der Waals surface area contributed by atoms with Crippen LogP contribution in [0.1, 0.15) is 26.7 Å². The Morgan fingerprint density at radius 2 is 1.81 bits per heavy atom. The van der Waals surface area contributed by atoms with E-state index in [1.165, 1.54) is 24.3 Å². The van der Waals surface area contributed by atoms with Gasteiger partial charge in [-0.25, -0.2) is 4.39 Å². The molecule has 1 amide bonds. The first-order valence-electron chi connectivity index (χ1n) is 5.37. The van der Waals surface area contributed by atoms with Crippen LogP contribution in [0.3, 0.4) is 0 Å². The van der Waals surface area contributed by atoms with Gasteiger partial charge in [-0.15, -0.1) is 0 Å². The standard InChI is InChI=1S/C12H17FN2O/c1-3-12(14,4-2)11(16)15-10-7-5-9(13)6-8-10/h5-8H,3-4,14H2,1-2H3,(H,15,16). The van der Waals surface area contributed by atoms with Crippen molar-refractivity contribution >= 4 is 11.6 Å². The van der Waals surface area contributed by atoms with E-state index < -0.39 is 5.54 Å². The van der Waals surface area contributed by atoms with Gasteiger partial charge in [0.05, 0.1) is 5.54 Å². The molecule has 0 saturated carbocycles. The average molecular weight is 224 g/mol. The second-order valence-corrected chi connectivity index (χ2v) is 3.82. The summed E-state index contributed by atoms with van der Waals surface area (Å²) in [5.74, 6) is -0.563. The van der Waals surface area contributed by atoms with E-state index in [0.717, 1.165) is 0 Å². The molecule has 1 aromatic carbocycles. The summed E-state index contributed by atoms with van der Waals surface area (Å²) in [6.07, 6.45) is 1.13. The van der Waals surface area contributed by atoms with Gasteiger partial charge in [0.25, 0.3) is 0 Å². The SMILES string of the molecule is CCC(N)(CC)C(=O)Nc1ccc(F)cc1. The lowest BCUT2D eigenvalue weighted by Gasteiger charge is -2.25. The third-order valence-electron chi connectivity index (χ3n) is 2.82. The molecule has 3 N–H and O–H groups in total. The number of anilines is 1. The van der Waals surface area contributed by atoms with Gasteiger partial charge in [0, 0.05) is 5.69 Å². The largest absolute Gasteiger partial charge is 0.324 e. The smallest absolute Gasteiger partial charge is 0.244 e. The van der Waals surface area contributed by atoms with E-state index in [9.17, 15) is 9.18 Å². The second-order valence-electron chi connectivity index (χ2n) is 3.82. The van der Waals surface area contributed by atoms with Gasteiger partial charge < -0.3 is 11.1 Å². The fourth-order valence-electron chi connectivity index (χ4n) is 1.36. The minimum atomic E-state index is -0.853. The van der Waals surface area contributed by atoms with Crippen LogP contribution < -0.4 is 11.1 Å². The van der Waals surface area contributed by atoms with Gasteiger partial charge in [0.15, 0.2) is 0 Å². The summed E-state index contributed by atoms with van der Waals surface area (Å²) < 4.78 is 12.7. The van der Waals surface area contributed by atoms with Gasteiger partial charge in [-0.05, 0) is 37.1 Å². The highest BCUT2D eigenvalue weighted by Crippen LogP contribution is 2.15. The van der Waals surface area contributed by atoms with Crippen molar-refractivity contribution in [2.75, 3.05) is 5.32 Å². The number of amides is 1. The summed E-state index contributed by atoms with van der Waals surface area (Å²) in [6, 6.07) is 5.62. The molecule has 0 radical (unpaired) electrons. The van der Waals surface area contributed by atoms with Crippen LogP contribution in [-0.4, -0.2) is 11.4 Å². The van der Waals surface area contributed by atoms with Crippen molar-refractivity contribution in [2.24, 2.45) is 5.73 Å². The highest BCUT2D eigenvalue weighted by Gasteiger charge is 2.29. The Balaban J connectivity index is 2.74. The zero-order chi connectivity index (χ0) is 12.2. The Labute approximate surface area is 94.8 Å². The molecule has 0 unspecified atom stereocenters. The van der Waals surface area contributed by atoms with Crippen molar-refractivity contribution in [2.45, 2.75) is 32.2 Å². The lowest BCUT2D eigenvalue weighted by Crippen LogP contribution is -2.50. The molecule has 0 saturated heterocycles. The first-order chi connectivity index (χ1) is 7.51. The summed E-state index contributed by atoms with van der Waals surface area (Å²) >= 11 is 0. The molecule has 0 aliphatic heterocycles. The lowest BCUT2D eigenvalue weighted by molar-refractivity contribution is -0.121. The number of carbonyl (C=O) groups excluding carboxylic acids is 1. The van der Waals surface area contributed by atoms with Crippen molar-refractivity contribution in [3.05, 3.63) is 30.1 Å². The topological polar surface area (TPSA) is 55.1 Å². The van der Waals surface area contributed by atoms with E-state index in [1.807, 2.05) is 13.8 Å². The number of hydrogen-bond acceptors (Lipinski definition) is 2. The first-order valence-corrected chi connectivity index (χ1v) is 5.37. The van der Waals surface area contributed by atoms with Crippen LogP contribution in [0.15, 0.2) is 24.3 Å². The van der Waals surface area contributed by atoms with Crippen molar-refractivity contribution < 1.29 is 9.18 Å². The minimum Gasteiger partial charge on any atom is -0.324 e. The van der Waals surface area contributed by atoms with E-state index in [-0.39, 0.29) is 11.7 Å². The van der Waals surface area contributed by atoms with Gasteiger partial charge in [-0.2, -0.15) is 0 Å². The highest BCUT2D eigenvalue weighted by atomic mass is 19.1. The predicted octanol–water partition coefficient (Wildman–Crippen LogP) is 2.28. The molecule has 3 nitrogen and oxygen atoms in total. The third kappa shape index (κ3) is 2.79.